The van der Waals surface area contributed by atoms with Crippen LogP contribution in [-0.4, -0.2) is 33.8 Å². The van der Waals surface area contributed by atoms with Gasteiger partial charge in [-0.1, -0.05) is 23.9 Å². The van der Waals surface area contributed by atoms with Gasteiger partial charge in [0, 0.05) is 5.75 Å². The molecule has 0 amide bonds. The molecule has 28 heavy (non-hydrogen) atoms. The molecule has 146 valence electrons. The molecule has 3 rings (SSSR count). The highest BCUT2D eigenvalue weighted by atomic mass is 32.2. The summed E-state index contributed by atoms with van der Waals surface area (Å²) in [5.41, 5.74) is 1.07. The molecule has 0 aliphatic carbocycles. The highest BCUT2D eigenvalue weighted by Gasteiger charge is 2.15. The highest BCUT2D eigenvalue weighted by Crippen LogP contribution is 2.23. The molecule has 8 heteroatoms. The average molecular weight is 402 g/mol. The molecule has 0 aliphatic heterocycles. The van der Waals surface area contributed by atoms with Crippen LogP contribution < -0.4 is 5.56 Å². The smallest absolute Gasteiger partial charge is 0.337 e. The number of methoxy groups -OCH3 is 1. The Labute approximate surface area is 165 Å². The number of esters is 1. The molecule has 0 aliphatic rings. The maximum Gasteiger partial charge on any atom is 0.337 e. The Morgan fingerprint density at radius 3 is 2.79 bits per heavy atom. The lowest BCUT2D eigenvalue weighted by molar-refractivity contribution is 0.0601. The number of rotatable bonds is 6. The third kappa shape index (κ3) is 4.40. The summed E-state index contributed by atoms with van der Waals surface area (Å²) in [7, 11) is 1.28. The molecular formula is C20H19FN2O4S. The van der Waals surface area contributed by atoms with Gasteiger partial charge in [0.1, 0.15) is 5.82 Å². The van der Waals surface area contributed by atoms with Gasteiger partial charge < -0.3 is 9.84 Å². The van der Waals surface area contributed by atoms with Crippen LogP contribution in [0, 0.1) is 5.82 Å². The number of carbonyl (C=O) groups is 1. The Balaban J connectivity index is 2.06. The summed E-state index contributed by atoms with van der Waals surface area (Å²) in [4.78, 5) is 29.2. The van der Waals surface area contributed by atoms with Gasteiger partial charge in [0.05, 0.1) is 36.2 Å². The molecule has 2 aromatic carbocycles. The lowest BCUT2D eigenvalue weighted by atomic mass is 10.1. The fourth-order valence-corrected chi connectivity index (χ4v) is 3.71. The zero-order chi connectivity index (χ0) is 20.3. The summed E-state index contributed by atoms with van der Waals surface area (Å²) in [6.45, 7) is 1.66. The van der Waals surface area contributed by atoms with E-state index in [0.29, 0.717) is 21.8 Å². The molecule has 1 N–H and O–H groups in total. The molecule has 0 unspecified atom stereocenters. The minimum atomic E-state index is -0.750. The number of hydrogen-bond donors (Lipinski definition) is 1. The predicted molar refractivity (Wildman–Crippen MR) is 105 cm³/mol. The molecule has 1 aromatic heterocycles. The molecule has 0 saturated carbocycles. The topological polar surface area (TPSA) is 81.4 Å². The molecule has 1 heterocycles. The minimum Gasteiger partial charge on any atom is -0.465 e. The van der Waals surface area contributed by atoms with E-state index in [2.05, 4.69) is 4.98 Å². The van der Waals surface area contributed by atoms with Crippen molar-refractivity contribution in [2.24, 2.45) is 0 Å². The molecule has 0 bridgehead atoms. The maximum absolute atomic E-state index is 13.4. The van der Waals surface area contributed by atoms with Gasteiger partial charge in [-0.25, -0.2) is 14.2 Å². The van der Waals surface area contributed by atoms with E-state index >= 15 is 0 Å². The average Bonchev–Trinajstić information content (AvgIpc) is 2.67. The van der Waals surface area contributed by atoms with E-state index in [1.165, 1.54) is 53.8 Å². The highest BCUT2D eigenvalue weighted by molar-refractivity contribution is 7.98. The van der Waals surface area contributed by atoms with Crippen molar-refractivity contribution < 1.29 is 19.0 Å². The first-order valence-electron chi connectivity index (χ1n) is 8.57. The van der Waals surface area contributed by atoms with Crippen molar-refractivity contribution in [1.29, 1.82) is 0 Å². The summed E-state index contributed by atoms with van der Waals surface area (Å²) in [5, 5.41) is 10.5. The van der Waals surface area contributed by atoms with E-state index in [-0.39, 0.29) is 23.5 Å². The minimum absolute atomic E-state index is 0.0754. The van der Waals surface area contributed by atoms with Gasteiger partial charge in [0.2, 0.25) is 0 Å². The van der Waals surface area contributed by atoms with Gasteiger partial charge in [0.15, 0.2) is 5.16 Å². The van der Waals surface area contributed by atoms with E-state index in [4.69, 9.17) is 4.74 Å². The molecule has 6 nitrogen and oxygen atoms in total. The number of halogens is 1. The number of aliphatic hydroxyl groups excluding tert-OH is 1. The molecule has 0 saturated heterocycles. The van der Waals surface area contributed by atoms with E-state index < -0.39 is 12.1 Å². The van der Waals surface area contributed by atoms with E-state index in [1.54, 1.807) is 19.1 Å². The first-order valence-corrected chi connectivity index (χ1v) is 9.56. The molecule has 0 fully saturated rings. The number of carbonyl (C=O) groups excluding carboxylic acids is 1. The van der Waals surface area contributed by atoms with Crippen molar-refractivity contribution in [3.8, 4) is 0 Å². The summed E-state index contributed by atoms with van der Waals surface area (Å²) < 4.78 is 19.5. The lowest BCUT2D eigenvalue weighted by Crippen LogP contribution is -2.28. The van der Waals surface area contributed by atoms with E-state index in [0.717, 1.165) is 5.56 Å². The van der Waals surface area contributed by atoms with Crippen LogP contribution in [0.5, 0.6) is 0 Å². The number of aliphatic hydroxyl groups is 1. The SMILES string of the molecule is COC(=O)c1ccc2c(=O)n(C[C@@H](C)O)c(SCc3cccc(F)c3)nc2c1. The zero-order valence-electron chi connectivity index (χ0n) is 15.4. The number of ether oxygens (including phenoxy) is 1. The largest absolute Gasteiger partial charge is 0.465 e. The number of nitrogens with zero attached hydrogens (tertiary/aromatic N) is 2. The maximum atomic E-state index is 13.4. The second-order valence-electron chi connectivity index (χ2n) is 6.30. The molecule has 0 spiro atoms. The first-order chi connectivity index (χ1) is 13.4. The van der Waals surface area contributed by atoms with Gasteiger partial charge >= 0.3 is 5.97 Å². The van der Waals surface area contributed by atoms with Crippen molar-refractivity contribution in [2.45, 2.75) is 30.5 Å². The van der Waals surface area contributed by atoms with Crippen LogP contribution in [-0.2, 0) is 17.0 Å². The zero-order valence-corrected chi connectivity index (χ0v) is 16.2. The van der Waals surface area contributed by atoms with Crippen LogP contribution in [0.1, 0.15) is 22.8 Å². The summed E-state index contributed by atoms with van der Waals surface area (Å²) in [6, 6.07) is 10.7. The Kier molecular flexibility index (Phi) is 6.11. The van der Waals surface area contributed by atoms with Crippen molar-refractivity contribution in [2.75, 3.05) is 7.11 Å². The third-order valence-electron chi connectivity index (χ3n) is 4.05. The predicted octanol–water partition coefficient (Wildman–Crippen LogP) is 3.00. The van der Waals surface area contributed by atoms with Crippen molar-refractivity contribution in [1.82, 2.24) is 9.55 Å². The van der Waals surface area contributed by atoms with Gasteiger partial charge in [-0.15, -0.1) is 0 Å². The monoisotopic (exact) mass is 402 g/mol. The Morgan fingerprint density at radius 2 is 2.11 bits per heavy atom. The van der Waals surface area contributed by atoms with Crippen LogP contribution in [0.15, 0.2) is 52.4 Å². The van der Waals surface area contributed by atoms with E-state index in [1.807, 2.05) is 0 Å². The second-order valence-corrected chi connectivity index (χ2v) is 7.24. The third-order valence-corrected chi connectivity index (χ3v) is 5.09. The number of hydrogen-bond acceptors (Lipinski definition) is 6. The van der Waals surface area contributed by atoms with Crippen molar-refractivity contribution in [3.05, 3.63) is 69.8 Å². The van der Waals surface area contributed by atoms with Crippen molar-refractivity contribution >= 4 is 28.6 Å². The van der Waals surface area contributed by atoms with Crippen molar-refractivity contribution in [3.63, 3.8) is 0 Å². The van der Waals surface area contributed by atoms with Gasteiger partial charge in [-0.2, -0.15) is 0 Å². The Bertz CT molecular complexity index is 1080. The molecule has 3 aromatic rings. The van der Waals surface area contributed by atoms with Crippen LogP contribution >= 0.6 is 11.8 Å². The molecule has 0 radical (unpaired) electrons. The Hall–Kier alpha value is -2.71. The van der Waals surface area contributed by atoms with Crippen LogP contribution in [0.3, 0.4) is 0 Å². The summed E-state index contributed by atoms with van der Waals surface area (Å²) in [6.07, 6.45) is -0.750. The van der Waals surface area contributed by atoms with Gasteiger partial charge in [-0.05, 0) is 42.8 Å². The number of benzene rings is 2. The first kappa shape index (κ1) is 20.0. The van der Waals surface area contributed by atoms with Gasteiger partial charge in [0.25, 0.3) is 5.56 Å². The molecule has 1 atom stereocenters. The fourth-order valence-electron chi connectivity index (χ4n) is 2.76. The molecular weight excluding hydrogens is 383 g/mol. The van der Waals surface area contributed by atoms with Crippen LogP contribution in [0.4, 0.5) is 4.39 Å². The van der Waals surface area contributed by atoms with Crippen LogP contribution in [0.2, 0.25) is 0 Å². The number of fused-ring (bicyclic) bond motifs is 1. The number of aromatic nitrogens is 2. The van der Waals surface area contributed by atoms with Gasteiger partial charge in [-0.3, -0.25) is 9.36 Å². The Morgan fingerprint density at radius 1 is 1.32 bits per heavy atom. The lowest BCUT2D eigenvalue weighted by Gasteiger charge is -2.15. The van der Waals surface area contributed by atoms with Crippen LogP contribution in [0.25, 0.3) is 10.9 Å². The van der Waals surface area contributed by atoms with E-state index in [9.17, 15) is 19.1 Å². The number of thioether (sulfide) groups is 1. The summed E-state index contributed by atoms with van der Waals surface area (Å²) >= 11 is 1.26. The standard InChI is InChI=1S/C20H19FN2O4S/c1-12(24)10-23-18(25)16-7-6-14(19(26)27-2)9-17(16)22-20(23)28-11-13-4-3-5-15(21)8-13/h3-9,12,24H,10-11H2,1-2H3/t12-/m1/s1. The normalized spacial score (nSPS) is 12.1. The second kappa shape index (κ2) is 8.53. The summed E-state index contributed by atoms with van der Waals surface area (Å²) in [5.74, 6) is -0.467. The fraction of sp³-hybridized carbons (Fsp3) is 0.250. The quantitative estimate of drug-likeness (QED) is 0.388.